The second kappa shape index (κ2) is 12.6. The quantitative estimate of drug-likeness (QED) is 0.169. The molecule has 0 saturated carbocycles. The second-order valence-corrected chi connectivity index (χ2v) is 11.9. The normalized spacial score (nSPS) is 13.9. The summed E-state index contributed by atoms with van der Waals surface area (Å²) in [5.74, 6) is 0. The standard InChI is InChI=1S/C21H21N2.C18H14N.Ir/c1-20(2)17-12-8-9-13-18(17)23-19(21(20,3)4)16(14-22-23)15-10-6-5-7-11-15;1-3-7-15(8-4-1)13-16-11-12-18(19-14-16)17-9-5-2-6-10-17;/h5-12,14H,1-4H3;1-9,11-12,14H,13H2;/q2*-1;. The van der Waals surface area contributed by atoms with Gasteiger partial charge in [-0.1, -0.05) is 100 Å². The van der Waals surface area contributed by atoms with E-state index in [9.17, 15) is 0 Å². The van der Waals surface area contributed by atoms with Gasteiger partial charge in [0.15, 0.2) is 0 Å². The molecule has 0 saturated heterocycles. The van der Waals surface area contributed by atoms with Crippen LogP contribution in [-0.4, -0.2) is 14.8 Å². The number of aromatic nitrogens is 3. The smallest absolute Gasteiger partial charge is 0.0575 e. The fourth-order valence-corrected chi connectivity index (χ4v) is 5.76. The van der Waals surface area contributed by atoms with Crippen LogP contribution in [0.25, 0.3) is 28.1 Å². The Bertz CT molecular complexity index is 1760. The minimum atomic E-state index is -0.0448. The average molecular weight is 738 g/mol. The van der Waals surface area contributed by atoms with Crippen LogP contribution in [0.1, 0.15) is 50.1 Å². The van der Waals surface area contributed by atoms with Gasteiger partial charge in [0.1, 0.15) is 0 Å². The summed E-state index contributed by atoms with van der Waals surface area (Å²) in [6.45, 7) is 9.29. The Labute approximate surface area is 269 Å². The molecule has 1 radical (unpaired) electrons. The molecule has 6 aromatic rings. The van der Waals surface area contributed by atoms with E-state index in [1.165, 1.54) is 33.5 Å². The number of pyridine rings is 1. The zero-order chi connectivity index (χ0) is 29.2. The maximum atomic E-state index is 4.72. The topological polar surface area (TPSA) is 30.7 Å². The molecule has 1 aliphatic rings. The summed E-state index contributed by atoms with van der Waals surface area (Å²) in [6.07, 6.45) is 4.87. The molecule has 0 bridgehead atoms. The number of hydrogen-bond acceptors (Lipinski definition) is 2. The third-order valence-corrected chi connectivity index (χ3v) is 8.79. The summed E-state index contributed by atoms with van der Waals surface area (Å²) in [5, 5.41) is 4.72. The van der Waals surface area contributed by atoms with Gasteiger partial charge in [-0.15, -0.1) is 41.5 Å². The van der Waals surface area contributed by atoms with E-state index < -0.39 is 0 Å². The number of hydrogen-bond donors (Lipinski definition) is 0. The molecular weight excluding hydrogens is 703 g/mol. The molecule has 2 aromatic heterocycles. The van der Waals surface area contributed by atoms with Crippen LogP contribution in [0.15, 0.2) is 128 Å². The van der Waals surface area contributed by atoms with Crippen LogP contribution >= 0.6 is 0 Å². The van der Waals surface area contributed by atoms with E-state index in [1.54, 1.807) is 0 Å². The SMILES string of the molecule is CC1(C)c2ccc[c-]c2-n2ncc(-c3ccccc3)c2C1(C)C.[Ir].[c-]1ccccc1-c1ccc(Cc2ccccc2)cn1. The Hall–Kier alpha value is -4.11. The van der Waals surface area contributed by atoms with Crippen molar-refractivity contribution in [2.24, 2.45) is 0 Å². The predicted molar refractivity (Wildman–Crippen MR) is 172 cm³/mol. The average Bonchev–Trinajstić information content (AvgIpc) is 3.49. The van der Waals surface area contributed by atoms with Gasteiger partial charge in [-0.25, -0.2) is 0 Å². The Morgan fingerprint density at radius 2 is 1.35 bits per heavy atom. The van der Waals surface area contributed by atoms with Gasteiger partial charge in [-0.3, -0.25) is 4.68 Å². The van der Waals surface area contributed by atoms with Crippen molar-refractivity contribution < 1.29 is 20.1 Å². The van der Waals surface area contributed by atoms with Crippen molar-refractivity contribution in [3.8, 4) is 28.1 Å². The maximum absolute atomic E-state index is 4.72. The van der Waals surface area contributed by atoms with Crippen molar-refractivity contribution in [1.29, 1.82) is 0 Å². The van der Waals surface area contributed by atoms with Crippen molar-refractivity contribution in [3.05, 3.63) is 162 Å². The Kier molecular flexibility index (Phi) is 8.92. The molecule has 4 aromatic carbocycles. The fraction of sp³-hybridized carbons (Fsp3) is 0.179. The third kappa shape index (κ3) is 5.91. The zero-order valence-corrected chi connectivity index (χ0v) is 27.4. The number of benzene rings is 4. The first-order valence-corrected chi connectivity index (χ1v) is 14.5. The molecule has 0 N–H and O–H groups in total. The predicted octanol–water partition coefficient (Wildman–Crippen LogP) is 9.05. The molecule has 0 fully saturated rings. The van der Waals surface area contributed by atoms with Crippen LogP contribution in [0.4, 0.5) is 0 Å². The first kappa shape index (κ1) is 30.4. The van der Waals surface area contributed by atoms with E-state index >= 15 is 0 Å². The van der Waals surface area contributed by atoms with Crippen LogP contribution in [0.3, 0.4) is 0 Å². The van der Waals surface area contributed by atoms with Crippen molar-refractivity contribution >= 4 is 0 Å². The second-order valence-electron chi connectivity index (χ2n) is 11.9. The number of rotatable bonds is 4. The van der Waals surface area contributed by atoms with Gasteiger partial charge < -0.3 is 4.98 Å². The van der Waals surface area contributed by atoms with Gasteiger partial charge in [-0.05, 0) is 39.9 Å². The summed E-state index contributed by atoms with van der Waals surface area (Å²) in [5.41, 5.74) is 10.6. The molecule has 0 unspecified atom stereocenters. The van der Waals surface area contributed by atoms with E-state index in [-0.39, 0.29) is 30.9 Å². The van der Waals surface area contributed by atoms with Crippen molar-refractivity contribution in [3.63, 3.8) is 0 Å². The van der Waals surface area contributed by atoms with E-state index in [4.69, 9.17) is 5.10 Å². The molecule has 0 atom stereocenters. The fourth-order valence-electron chi connectivity index (χ4n) is 5.76. The van der Waals surface area contributed by atoms with Crippen LogP contribution in [0.2, 0.25) is 0 Å². The number of nitrogens with zero attached hydrogens (tertiary/aromatic N) is 3. The van der Waals surface area contributed by atoms with E-state index in [2.05, 4.69) is 128 Å². The molecule has 217 valence electrons. The van der Waals surface area contributed by atoms with Crippen molar-refractivity contribution in [2.75, 3.05) is 0 Å². The Morgan fingerprint density at radius 1 is 0.651 bits per heavy atom. The maximum Gasteiger partial charge on any atom is 0.0575 e. The van der Waals surface area contributed by atoms with Crippen molar-refractivity contribution in [1.82, 2.24) is 14.8 Å². The van der Waals surface area contributed by atoms with Gasteiger partial charge in [0, 0.05) is 37.3 Å². The summed E-state index contributed by atoms with van der Waals surface area (Å²) in [6, 6.07) is 45.9. The van der Waals surface area contributed by atoms with Gasteiger partial charge in [0.05, 0.1) is 11.9 Å². The minimum absolute atomic E-state index is 0. The number of fused-ring (bicyclic) bond motifs is 3. The van der Waals surface area contributed by atoms with E-state index in [1.807, 2.05) is 48.8 Å². The molecule has 1 aliphatic heterocycles. The van der Waals surface area contributed by atoms with E-state index in [0.717, 1.165) is 23.4 Å². The molecule has 0 spiro atoms. The molecule has 0 amide bonds. The summed E-state index contributed by atoms with van der Waals surface area (Å²) in [7, 11) is 0. The molecule has 4 heteroatoms. The van der Waals surface area contributed by atoms with Gasteiger partial charge in [-0.2, -0.15) is 29.4 Å². The van der Waals surface area contributed by atoms with E-state index in [0.29, 0.717) is 0 Å². The minimum Gasteiger partial charge on any atom is -0.304 e. The molecule has 7 rings (SSSR count). The molecule has 3 nitrogen and oxygen atoms in total. The number of para-hydroxylation sites is 1. The van der Waals surface area contributed by atoms with Crippen LogP contribution in [0, 0.1) is 12.1 Å². The third-order valence-electron chi connectivity index (χ3n) is 8.79. The van der Waals surface area contributed by atoms with Crippen molar-refractivity contribution in [2.45, 2.75) is 44.9 Å². The first-order chi connectivity index (χ1) is 20.4. The van der Waals surface area contributed by atoms with Gasteiger partial charge >= 0.3 is 0 Å². The van der Waals surface area contributed by atoms with Gasteiger partial charge in [0.2, 0.25) is 0 Å². The Morgan fingerprint density at radius 3 is 2.02 bits per heavy atom. The zero-order valence-electron chi connectivity index (χ0n) is 25.0. The summed E-state index contributed by atoms with van der Waals surface area (Å²) in [4.78, 5) is 4.51. The molecule has 43 heavy (non-hydrogen) atoms. The molecule has 3 heterocycles. The largest absolute Gasteiger partial charge is 0.304 e. The Balaban J connectivity index is 0.000000170. The first-order valence-electron chi connectivity index (χ1n) is 14.5. The van der Waals surface area contributed by atoms with Crippen LogP contribution in [-0.2, 0) is 37.4 Å². The monoisotopic (exact) mass is 738 g/mol. The van der Waals surface area contributed by atoms with Crippen LogP contribution in [0.5, 0.6) is 0 Å². The summed E-state index contributed by atoms with van der Waals surface area (Å²) < 4.78 is 2.09. The van der Waals surface area contributed by atoms with Crippen LogP contribution < -0.4 is 0 Å². The van der Waals surface area contributed by atoms with Gasteiger partial charge in [0.25, 0.3) is 0 Å². The summed E-state index contributed by atoms with van der Waals surface area (Å²) >= 11 is 0. The molecular formula is C39H35IrN3-2. The molecule has 0 aliphatic carbocycles.